The van der Waals surface area contributed by atoms with E-state index in [-0.39, 0.29) is 6.29 Å². The SMILES string of the molecule is COC(Cn1cc(C=O)c2cc(Br)ccc21)OC. The number of carbonyl (C=O) groups excluding carboxylic acids is 1. The summed E-state index contributed by atoms with van der Waals surface area (Å²) in [7, 11) is 3.19. The van der Waals surface area contributed by atoms with Crippen molar-refractivity contribution in [2.24, 2.45) is 0 Å². The smallest absolute Gasteiger partial charge is 0.174 e. The van der Waals surface area contributed by atoms with E-state index in [0.717, 1.165) is 21.7 Å². The number of benzene rings is 1. The minimum Gasteiger partial charge on any atom is -0.354 e. The third-order valence-corrected chi connectivity index (χ3v) is 3.37. The molecule has 0 aliphatic heterocycles. The lowest BCUT2D eigenvalue weighted by Gasteiger charge is -2.14. The molecular formula is C13H14BrNO3. The molecule has 0 saturated carbocycles. The van der Waals surface area contributed by atoms with Gasteiger partial charge in [-0.3, -0.25) is 4.79 Å². The van der Waals surface area contributed by atoms with E-state index in [2.05, 4.69) is 15.9 Å². The van der Waals surface area contributed by atoms with Gasteiger partial charge in [0.25, 0.3) is 0 Å². The Labute approximate surface area is 114 Å². The number of halogens is 1. The van der Waals surface area contributed by atoms with Crippen LogP contribution < -0.4 is 0 Å². The Hall–Kier alpha value is -1.17. The predicted octanol–water partition coefficient (Wildman–Crippen LogP) is 2.84. The largest absolute Gasteiger partial charge is 0.354 e. The topological polar surface area (TPSA) is 40.5 Å². The van der Waals surface area contributed by atoms with Crippen molar-refractivity contribution < 1.29 is 14.3 Å². The van der Waals surface area contributed by atoms with Gasteiger partial charge in [-0.15, -0.1) is 0 Å². The molecule has 0 bridgehead atoms. The first-order valence-corrected chi connectivity index (χ1v) is 6.28. The van der Waals surface area contributed by atoms with E-state index >= 15 is 0 Å². The second kappa shape index (κ2) is 5.65. The zero-order valence-electron chi connectivity index (χ0n) is 10.2. The summed E-state index contributed by atoms with van der Waals surface area (Å²) in [5.74, 6) is 0. The summed E-state index contributed by atoms with van der Waals surface area (Å²) in [6, 6.07) is 5.85. The Morgan fingerprint density at radius 2 is 2.11 bits per heavy atom. The van der Waals surface area contributed by atoms with Crippen LogP contribution in [0.5, 0.6) is 0 Å². The molecule has 0 aliphatic carbocycles. The van der Waals surface area contributed by atoms with Crippen LogP contribution in [0.3, 0.4) is 0 Å². The number of hydrogen-bond donors (Lipinski definition) is 0. The van der Waals surface area contributed by atoms with E-state index < -0.39 is 0 Å². The Kier molecular flexibility index (Phi) is 4.16. The van der Waals surface area contributed by atoms with Crippen LogP contribution in [0.2, 0.25) is 0 Å². The maximum absolute atomic E-state index is 11.1. The summed E-state index contributed by atoms with van der Waals surface area (Å²) in [6.45, 7) is 0.541. The molecule has 0 amide bonds. The number of fused-ring (bicyclic) bond motifs is 1. The number of carbonyl (C=O) groups is 1. The molecule has 0 fully saturated rings. The average Bonchev–Trinajstić information content (AvgIpc) is 2.73. The van der Waals surface area contributed by atoms with Gasteiger partial charge in [0, 0.05) is 41.4 Å². The molecule has 1 heterocycles. The molecule has 0 radical (unpaired) electrons. The molecule has 2 rings (SSSR count). The summed E-state index contributed by atoms with van der Waals surface area (Å²) < 4.78 is 13.3. The fourth-order valence-corrected chi connectivity index (χ4v) is 2.31. The molecule has 18 heavy (non-hydrogen) atoms. The van der Waals surface area contributed by atoms with Gasteiger partial charge in [0.1, 0.15) is 0 Å². The highest BCUT2D eigenvalue weighted by Gasteiger charge is 2.12. The van der Waals surface area contributed by atoms with Crippen molar-refractivity contribution in [3.8, 4) is 0 Å². The first-order chi connectivity index (χ1) is 8.69. The highest BCUT2D eigenvalue weighted by Crippen LogP contribution is 2.24. The molecule has 0 aliphatic rings. The zero-order chi connectivity index (χ0) is 13.1. The Balaban J connectivity index is 2.48. The zero-order valence-corrected chi connectivity index (χ0v) is 11.8. The maximum Gasteiger partial charge on any atom is 0.174 e. The minimum atomic E-state index is -0.330. The first kappa shape index (κ1) is 13.3. The van der Waals surface area contributed by atoms with Crippen LogP contribution in [0.25, 0.3) is 10.9 Å². The van der Waals surface area contributed by atoms with E-state index in [4.69, 9.17) is 9.47 Å². The van der Waals surface area contributed by atoms with E-state index in [1.807, 2.05) is 29.0 Å². The lowest BCUT2D eigenvalue weighted by atomic mass is 10.2. The van der Waals surface area contributed by atoms with Crippen molar-refractivity contribution in [1.82, 2.24) is 4.57 Å². The van der Waals surface area contributed by atoms with E-state index in [9.17, 15) is 4.79 Å². The molecule has 2 aromatic rings. The number of aldehydes is 1. The van der Waals surface area contributed by atoms with Crippen molar-refractivity contribution in [1.29, 1.82) is 0 Å². The molecule has 96 valence electrons. The van der Waals surface area contributed by atoms with Crippen LogP contribution in [0.1, 0.15) is 10.4 Å². The van der Waals surface area contributed by atoms with Gasteiger partial charge in [-0.05, 0) is 18.2 Å². The molecule has 1 aromatic heterocycles. The standard InChI is InChI=1S/C13H14BrNO3/c1-17-13(18-2)7-15-6-9(8-16)11-5-10(14)3-4-12(11)15/h3-6,8,13H,7H2,1-2H3. The van der Waals surface area contributed by atoms with Gasteiger partial charge in [-0.2, -0.15) is 0 Å². The summed E-state index contributed by atoms with van der Waals surface area (Å²) in [5.41, 5.74) is 1.65. The summed E-state index contributed by atoms with van der Waals surface area (Å²) in [4.78, 5) is 11.1. The normalized spacial score (nSPS) is 11.3. The molecule has 0 atom stereocenters. The van der Waals surface area contributed by atoms with Crippen LogP contribution in [0.4, 0.5) is 0 Å². The number of methoxy groups -OCH3 is 2. The number of hydrogen-bond acceptors (Lipinski definition) is 3. The van der Waals surface area contributed by atoms with Crippen LogP contribution in [-0.4, -0.2) is 31.4 Å². The van der Waals surface area contributed by atoms with Gasteiger partial charge in [-0.1, -0.05) is 15.9 Å². The maximum atomic E-state index is 11.1. The second-order valence-electron chi connectivity index (χ2n) is 3.92. The number of nitrogens with zero attached hydrogens (tertiary/aromatic N) is 1. The van der Waals surface area contributed by atoms with Crippen LogP contribution >= 0.6 is 15.9 Å². The lowest BCUT2D eigenvalue weighted by Crippen LogP contribution is -2.19. The van der Waals surface area contributed by atoms with Crippen molar-refractivity contribution in [2.45, 2.75) is 12.8 Å². The van der Waals surface area contributed by atoms with E-state index in [1.165, 1.54) is 0 Å². The van der Waals surface area contributed by atoms with Crippen LogP contribution in [0, 0.1) is 0 Å². The fraction of sp³-hybridized carbons (Fsp3) is 0.308. The van der Waals surface area contributed by atoms with Gasteiger partial charge < -0.3 is 14.0 Å². The average molecular weight is 312 g/mol. The fourth-order valence-electron chi connectivity index (χ4n) is 1.95. The Morgan fingerprint density at radius 1 is 1.39 bits per heavy atom. The Morgan fingerprint density at radius 3 is 2.72 bits per heavy atom. The number of aromatic nitrogens is 1. The molecular weight excluding hydrogens is 298 g/mol. The molecule has 0 spiro atoms. The van der Waals surface area contributed by atoms with E-state index in [1.54, 1.807) is 14.2 Å². The quantitative estimate of drug-likeness (QED) is 0.630. The molecule has 1 aromatic carbocycles. The predicted molar refractivity (Wildman–Crippen MR) is 72.8 cm³/mol. The highest BCUT2D eigenvalue weighted by atomic mass is 79.9. The first-order valence-electron chi connectivity index (χ1n) is 5.48. The number of rotatable bonds is 5. The van der Waals surface area contributed by atoms with Crippen molar-refractivity contribution in [2.75, 3.05) is 14.2 Å². The molecule has 5 heteroatoms. The molecule has 0 N–H and O–H groups in total. The Bertz CT molecular complexity index is 561. The van der Waals surface area contributed by atoms with Gasteiger partial charge in [0.15, 0.2) is 12.6 Å². The summed E-state index contributed by atoms with van der Waals surface area (Å²) >= 11 is 3.41. The van der Waals surface area contributed by atoms with Crippen molar-refractivity contribution in [3.63, 3.8) is 0 Å². The summed E-state index contributed by atoms with van der Waals surface area (Å²) in [5, 5.41) is 0.922. The van der Waals surface area contributed by atoms with Gasteiger partial charge in [0.05, 0.1) is 6.54 Å². The number of ether oxygens (including phenoxy) is 2. The van der Waals surface area contributed by atoms with Gasteiger partial charge >= 0.3 is 0 Å². The minimum absolute atomic E-state index is 0.330. The highest BCUT2D eigenvalue weighted by molar-refractivity contribution is 9.10. The summed E-state index contributed by atoms with van der Waals surface area (Å²) in [6.07, 6.45) is 2.35. The second-order valence-corrected chi connectivity index (χ2v) is 4.83. The lowest BCUT2D eigenvalue weighted by molar-refractivity contribution is -0.110. The van der Waals surface area contributed by atoms with Crippen LogP contribution in [0.15, 0.2) is 28.9 Å². The third-order valence-electron chi connectivity index (χ3n) is 2.87. The van der Waals surface area contributed by atoms with Crippen LogP contribution in [-0.2, 0) is 16.0 Å². The van der Waals surface area contributed by atoms with E-state index in [0.29, 0.717) is 12.1 Å². The van der Waals surface area contributed by atoms with Crippen molar-refractivity contribution in [3.05, 3.63) is 34.4 Å². The van der Waals surface area contributed by atoms with Gasteiger partial charge in [0.2, 0.25) is 0 Å². The monoisotopic (exact) mass is 311 g/mol. The molecule has 0 saturated heterocycles. The van der Waals surface area contributed by atoms with Crippen molar-refractivity contribution >= 4 is 33.1 Å². The molecule has 0 unspecified atom stereocenters. The van der Waals surface area contributed by atoms with Gasteiger partial charge in [-0.25, -0.2) is 0 Å². The third kappa shape index (κ3) is 2.48. The molecule has 4 nitrogen and oxygen atoms in total.